The van der Waals surface area contributed by atoms with Crippen LogP contribution in [0.15, 0.2) is 48.5 Å². The SMILES string of the molecule is Cc1cc2nc(-c3ccc4c(c3)CN(C)C4=O)sc2c(-c2ccc(Cl)cc2)c1[C@H](OC(C)(C)C)C(=O)O. The molecule has 1 atom stereocenters. The first-order chi connectivity index (χ1) is 17.4. The molecular formula is C29H27ClN2O4S. The summed E-state index contributed by atoms with van der Waals surface area (Å²) in [4.78, 5) is 31.5. The maximum atomic E-state index is 12.5. The summed E-state index contributed by atoms with van der Waals surface area (Å²) < 4.78 is 6.96. The second kappa shape index (κ2) is 9.24. The molecule has 0 saturated carbocycles. The van der Waals surface area contributed by atoms with Crippen LogP contribution in [0.1, 0.15) is 53.9 Å². The van der Waals surface area contributed by atoms with Crippen LogP contribution in [0.3, 0.4) is 0 Å². The quantitative estimate of drug-likeness (QED) is 0.295. The van der Waals surface area contributed by atoms with Crippen LogP contribution in [-0.2, 0) is 16.1 Å². The van der Waals surface area contributed by atoms with E-state index in [-0.39, 0.29) is 5.91 Å². The van der Waals surface area contributed by atoms with E-state index in [9.17, 15) is 14.7 Å². The zero-order valence-electron chi connectivity index (χ0n) is 21.3. The summed E-state index contributed by atoms with van der Waals surface area (Å²) in [6.45, 7) is 8.00. The lowest BCUT2D eigenvalue weighted by Gasteiger charge is -2.28. The van der Waals surface area contributed by atoms with Gasteiger partial charge >= 0.3 is 5.97 Å². The Morgan fingerprint density at radius 3 is 2.46 bits per heavy atom. The summed E-state index contributed by atoms with van der Waals surface area (Å²) in [7, 11) is 1.79. The number of benzene rings is 3. The Morgan fingerprint density at radius 1 is 1.14 bits per heavy atom. The number of thiazole rings is 1. The lowest BCUT2D eigenvalue weighted by atomic mass is 9.91. The Kier molecular flexibility index (Phi) is 6.34. The molecule has 0 unspecified atom stereocenters. The molecule has 0 saturated heterocycles. The van der Waals surface area contributed by atoms with E-state index in [1.807, 2.05) is 64.1 Å². The number of fused-ring (bicyclic) bond motifs is 2. The van der Waals surface area contributed by atoms with Crippen LogP contribution < -0.4 is 0 Å². The van der Waals surface area contributed by atoms with E-state index in [0.29, 0.717) is 17.1 Å². The van der Waals surface area contributed by atoms with Gasteiger partial charge in [0.25, 0.3) is 5.91 Å². The Balaban J connectivity index is 1.75. The minimum Gasteiger partial charge on any atom is -0.479 e. The van der Waals surface area contributed by atoms with E-state index in [1.54, 1.807) is 24.1 Å². The van der Waals surface area contributed by atoms with Gasteiger partial charge in [0.2, 0.25) is 0 Å². The first-order valence-electron chi connectivity index (χ1n) is 11.9. The fourth-order valence-electron chi connectivity index (χ4n) is 4.76. The van der Waals surface area contributed by atoms with Gasteiger partial charge in [0.05, 0.1) is 15.8 Å². The van der Waals surface area contributed by atoms with Gasteiger partial charge in [0.15, 0.2) is 6.10 Å². The van der Waals surface area contributed by atoms with Crippen LogP contribution >= 0.6 is 22.9 Å². The van der Waals surface area contributed by atoms with Crippen molar-refractivity contribution in [2.45, 2.75) is 45.9 Å². The van der Waals surface area contributed by atoms with Gasteiger partial charge in [-0.25, -0.2) is 9.78 Å². The van der Waals surface area contributed by atoms with Gasteiger partial charge in [-0.2, -0.15) is 0 Å². The van der Waals surface area contributed by atoms with Crippen molar-refractivity contribution in [2.24, 2.45) is 0 Å². The minimum absolute atomic E-state index is 0.0229. The van der Waals surface area contributed by atoms with Gasteiger partial charge in [-0.15, -0.1) is 11.3 Å². The molecule has 2 heterocycles. The van der Waals surface area contributed by atoms with E-state index >= 15 is 0 Å². The van der Waals surface area contributed by atoms with Crippen molar-refractivity contribution in [3.63, 3.8) is 0 Å². The predicted octanol–water partition coefficient (Wildman–Crippen LogP) is 7.12. The van der Waals surface area contributed by atoms with Crippen molar-refractivity contribution in [3.05, 3.63) is 75.8 Å². The molecule has 1 aliphatic rings. The third kappa shape index (κ3) is 4.75. The number of nitrogens with zero attached hydrogens (tertiary/aromatic N) is 2. The van der Waals surface area contributed by atoms with Gasteiger partial charge < -0.3 is 14.7 Å². The standard InChI is InChI=1S/C29H27ClN2O4S/c1-15-12-21-25(37-26(31-21)17-8-11-20-18(13-17)14-32(5)27(20)33)23(16-6-9-19(30)10-7-16)22(15)24(28(34)35)36-29(2,3)4/h6-13,24H,14H2,1-5H3,(H,34,35)/t24-/m0/s1. The molecule has 0 bridgehead atoms. The second-order valence-corrected chi connectivity index (χ2v) is 11.8. The summed E-state index contributed by atoms with van der Waals surface area (Å²) in [5, 5.41) is 11.6. The van der Waals surface area contributed by atoms with E-state index in [1.165, 1.54) is 11.3 Å². The monoisotopic (exact) mass is 534 g/mol. The molecule has 0 spiro atoms. The lowest BCUT2D eigenvalue weighted by molar-refractivity contribution is -0.160. The molecule has 8 heteroatoms. The fraction of sp³-hybridized carbons (Fsp3) is 0.276. The molecular weight excluding hydrogens is 508 g/mol. The average Bonchev–Trinajstić information content (AvgIpc) is 3.36. The zero-order chi connectivity index (χ0) is 26.6. The molecule has 6 nitrogen and oxygen atoms in total. The summed E-state index contributed by atoms with van der Waals surface area (Å²) in [5.74, 6) is -1.03. The number of aliphatic carboxylic acids is 1. The van der Waals surface area contributed by atoms with Crippen LogP contribution in [0.25, 0.3) is 31.9 Å². The highest BCUT2D eigenvalue weighted by molar-refractivity contribution is 7.22. The third-order valence-electron chi connectivity index (χ3n) is 6.36. The molecule has 37 heavy (non-hydrogen) atoms. The minimum atomic E-state index is -1.16. The summed E-state index contributed by atoms with van der Waals surface area (Å²) in [5.41, 5.74) is 5.73. The van der Waals surface area contributed by atoms with Crippen molar-refractivity contribution in [1.29, 1.82) is 0 Å². The molecule has 0 fully saturated rings. The summed E-state index contributed by atoms with van der Waals surface area (Å²) in [6, 6.07) is 15.1. The predicted molar refractivity (Wildman–Crippen MR) is 147 cm³/mol. The molecule has 0 aliphatic carbocycles. The normalized spacial score (nSPS) is 14.3. The number of hydrogen-bond acceptors (Lipinski definition) is 5. The van der Waals surface area contributed by atoms with Crippen LogP contribution in [0.2, 0.25) is 5.02 Å². The van der Waals surface area contributed by atoms with Crippen LogP contribution in [-0.4, -0.2) is 39.5 Å². The zero-order valence-corrected chi connectivity index (χ0v) is 22.8. The van der Waals surface area contributed by atoms with Gasteiger partial charge in [0, 0.05) is 40.9 Å². The average molecular weight is 535 g/mol. The number of rotatable bonds is 5. The first-order valence-corrected chi connectivity index (χ1v) is 13.1. The number of aromatic nitrogens is 1. The maximum Gasteiger partial charge on any atom is 0.337 e. The van der Waals surface area contributed by atoms with Crippen molar-refractivity contribution in [1.82, 2.24) is 9.88 Å². The summed E-state index contributed by atoms with van der Waals surface area (Å²) in [6.07, 6.45) is -1.16. The van der Waals surface area contributed by atoms with Gasteiger partial charge in [0.1, 0.15) is 5.01 Å². The van der Waals surface area contributed by atoms with E-state index in [4.69, 9.17) is 21.3 Å². The third-order valence-corrected chi connectivity index (χ3v) is 7.75. The smallest absolute Gasteiger partial charge is 0.337 e. The van der Waals surface area contributed by atoms with Gasteiger partial charge in [-0.3, -0.25) is 4.79 Å². The molecule has 1 amide bonds. The highest BCUT2D eigenvalue weighted by Gasteiger charge is 2.32. The van der Waals surface area contributed by atoms with Crippen LogP contribution in [0.4, 0.5) is 0 Å². The molecule has 3 aromatic carbocycles. The van der Waals surface area contributed by atoms with Crippen LogP contribution in [0.5, 0.6) is 0 Å². The highest BCUT2D eigenvalue weighted by Crippen LogP contribution is 2.44. The van der Waals surface area contributed by atoms with Crippen LogP contribution in [0, 0.1) is 6.92 Å². The number of hydrogen-bond donors (Lipinski definition) is 1. The Hall–Kier alpha value is -3.26. The lowest BCUT2D eigenvalue weighted by Crippen LogP contribution is -2.28. The molecule has 190 valence electrons. The molecule has 1 aliphatic heterocycles. The number of carboxylic acids is 1. The highest BCUT2D eigenvalue weighted by atomic mass is 35.5. The van der Waals surface area contributed by atoms with Crippen molar-refractivity contribution in [2.75, 3.05) is 7.05 Å². The number of carbonyl (C=O) groups excluding carboxylic acids is 1. The molecule has 1 aromatic heterocycles. The largest absolute Gasteiger partial charge is 0.479 e. The van der Waals surface area contributed by atoms with Gasteiger partial charge in [-0.1, -0.05) is 29.8 Å². The first kappa shape index (κ1) is 25.4. The number of ether oxygens (including phenoxy) is 1. The number of amides is 1. The Labute approximate surface area is 224 Å². The van der Waals surface area contributed by atoms with E-state index in [2.05, 4.69) is 0 Å². The summed E-state index contributed by atoms with van der Waals surface area (Å²) >= 11 is 7.69. The molecule has 0 radical (unpaired) electrons. The second-order valence-electron chi connectivity index (χ2n) is 10.3. The van der Waals surface area contributed by atoms with Gasteiger partial charge in [-0.05, 0) is 74.7 Å². The van der Waals surface area contributed by atoms with Crippen molar-refractivity contribution >= 4 is 45.0 Å². The van der Waals surface area contributed by atoms with E-state index < -0.39 is 17.7 Å². The maximum absolute atomic E-state index is 12.5. The fourth-order valence-corrected chi connectivity index (χ4v) is 6.01. The van der Waals surface area contributed by atoms with Crippen molar-refractivity contribution < 1.29 is 19.4 Å². The molecule has 5 rings (SSSR count). The van der Waals surface area contributed by atoms with E-state index in [0.717, 1.165) is 48.6 Å². The Bertz CT molecular complexity index is 1550. The number of halogens is 1. The topological polar surface area (TPSA) is 79.7 Å². The number of aryl methyl sites for hydroxylation is 1. The molecule has 1 N–H and O–H groups in total. The Morgan fingerprint density at radius 2 is 1.81 bits per heavy atom. The molecule has 4 aromatic rings. The van der Waals surface area contributed by atoms with Crippen molar-refractivity contribution in [3.8, 4) is 21.7 Å². The number of carbonyl (C=O) groups is 2. The number of carboxylic acid groups (broad SMARTS) is 1.